The second kappa shape index (κ2) is 8.59. The Hall–Kier alpha value is -3.45. The highest BCUT2D eigenvalue weighted by Gasteiger charge is 2.68. The first-order valence-corrected chi connectivity index (χ1v) is 10.6. The van der Waals surface area contributed by atoms with Crippen LogP contribution in [0.3, 0.4) is 0 Å². The molecule has 4 atom stereocenters. The van der Waals surface area contributed by atoms with Gasteiger partial charge in [0.1, 0.15) is 11.3 Å². The van der Waals surface area contributed by atoms with Gasteiger partial charge < -0.3 is 9.47 Å². The number of nitrogens with zero attached hydrogens (tertiary/aromatic N) is 1. The molecule has 2 fully saturated rings. The van der Waals surface area contributed by atoms with Crippen LogP contribution in [0.1, 0.15) is 24.9 Å². The zero-order chi connectivity index (χ0) is 22.9. The van der Waals surface area contributed by atoms with Crippen molar-refractivity contribution in [3.8, 4) is 5.75 Å². The lowest BCUT2D eigenvalue weighted by molar-refractivity contribution is -0.154. The van der Waals surface area contributed by atoms with Crippen molar-refractivity contribution < 1.29 is 23.9 Å². The largest absolute Gasteiger partial charge is 0.497 e. The molecule has 4 rings (SSSR count). The average molecular weight is 434 g/mol. The Kier molecular flexibility index (Phi) is 5.84. The first-order chi connectivity index (χ1) is 15.5. The molecule has 2 aliphatic heterocycles. The Bertz CT molecular complexity index is 1040. The number of rotatable bonds is 7. The normalized spacial score (nSPS) is 26.7. The van der Waals surface area contributed by atoms with Crippen LogP contribution in [0.2, 0.25) is 0 Å². The molecule has 0 aliphatic carbocycles. The molecule has 0 spiro atoms. The third kappa shape index (κ3) is 3.29. The molecular formula is C25H26N2O5. The molecule has 0 saturated carbocycles. The summed E-state index contributed by atoms with van der Waals surface area (Å²) < 4.78 is 10.6. The lowest BCUT2D eigenvalue weighted by Crippen LogP contribution is -2.56. The highest BCUT2D eigenvalue weighted by Crippen LogP contribution is 2.51. The zero-order valence-electron chi connectivity index (χ0n) is 18.1. The van der Waals surface area contributed by atoms with E-state index >= 15 is 0 Å². The summed E-state index contributed by atoms with van der Waals surface area (Å²) in [5, 5.41) is 3.32. The summed E-state index contributed by atoms with van der Waals surface area (Å²) in [4.78, 5) is 41.8. The molecule has 2 aliphatic rings. The number of hydrogen-bond donors (Lipinski definition) is 1. The molecule has 1 N–H and O–H groups in total. The van der Waals surface area contributed by atoms with Crippen molar-refractivity contribution in [3.05, 3.63) is 72.8 Å². The maximum Gasteiger partial charge on any atom is 0.327 e. The fourth-order valence-electron chi connectivity index (χ4n) is 4.88. The quantitative estimate of drug-likeness (QED) is 0.410. The van der Waals surface area contributed by atoms with Gasteiger partial charge in [0.05, 0.1) is 31.2 Å². The minimum absolute atomic E-state index is 0.154. The summed E-state index contributed by atoms with van der Waals surface area (Å²) in [6.07, 6.45) is 1.74. The van der Waals surface area contributed by atoms with Crippen molar-refractivity contribution in [1.29, 1.82) is 0 Å². The van der Waals surface area contributed by atoms with Gasteiger partial charge >= 0.3 is 5.97 Å². The Morgan fingerprint density at radius 1 is 1.12 bits per heavy atom. The molecular weight excluding hydrogens is 408 g/mol. The van der Waals surface area contributed by atoms with Crippen molar-refractivity contribution in [2.45, 2.75) is 24.9 Å². The number of carbonyl (C=O) groups is 3. The zero-order valence-corrected chi connectivity index (χ0v) is 18.1. The summed E-state index contributed by atoms with van der Waals surface area (Å²) in [6.45, 7) is 5.67. The summed E-state index contributed by atoms with van der Waals surface area (Å²) in [5.41, 5.74) is -0.114. The van der Waals surface area contributed by atoms with Gasteiger partial charge in [0.2, 0.25) is 11.8 Å². The first-order valence-electron chi connectivity index (χ1n) is 10.6. The van der Waals surface area contributed by atoms with E-state index in [2.05, 4.69) is 11.9 Å². The molecule has 2 heterocycles. The highest BCUT2D eigenvalue weighted by atomic mass is 16.5. The van der Waals surface area contributed by atoms with Crippen molar-refractivity contribution in [2.75, 3.05) is 18.6 Å². The Morgan fingerprint density at radius 3 is 2.41 bits per heavy atom. The first kappa shape index (κ1) is 21.8. The molecule has 7 heteroatoms. The number of amides is 2. The van der Waals surface area contributed by atoms with Crippen LogP contribution < -0.4 is 15.0 Å². The van der Waals surface area contributed by atoms with Crippen molar-refractivity contribution in [3.63, 3.8) is 0 Å². The van der Waals surface area contributed by atoms with Gasteiger partial charge in [-0.1, -0.05) is 36.4 Å². The van der Waals surface area contributed by atoms with E-state index < -0.39 is 35.3 Å². The molecule has 2 saturated heterocycles. The summed E-state index contributed by atoms with van der Waals surface area (Å²) in [5.74, 6) is -2.31. The number of benzene rings is 2. The van der Waals surface area contributed by atoms with E-state index in [1.165, 1.54) is 4.90 Å². The smallest absolute Gasteiger partial charge is 0.327 e. The minimum atomic E-state index is -1.39. The molecule has 32 heavy (non-hydrogen) atoms. The lowest BCUT2D eigenvalue weighted by Gasteiger charge is -2.32. The van der Waals surface area contributed by atoms with Crippen LogP contribution in [0, 0.1) is 11.8 Å². The SMILES string of the molecule is C=CC[C@@]1(C(=O)OCC)N[C@H](c2ccc(OC)cc2)[C@@H]2C(=O)N(c3ccccc3)C(=O)[C@@H]21. The Balaban J connectivity index is 1.85. The van der Waals surface area contributed by atoms with Gasteiger partial charge in [-0.25, -0.2) is 4.90 Å². The molecule has 0 unspecified atom stereocenters. The second-order valence-electron chi connectivity index (χ2n) is 7.93. The second-order valence-corrected chi connectivity index (χ2v) is 7.93. The van der Waals surface area contributed by atoms with E-state index in [1.54, 1.807) is 56.5 Å². The molecule has 0 aromatic heterocycles. The number of imide groups is 1. The number of esters is 1. The number of fused-ring (bicyclic) bond motifs is 1. The van der Waals surface area contributed by atoms with Gasteiger partial charge in [0.15, 0.2) is 0 Å². The van der Waals surface area contributed by atoms with Crippen LogP contribution in [0.5, 0.6) is 5.75 Å². The number of ether oxygens (including phenoxy) is 2. The molecule has 0 radical (unpaired) electrons. The van der Waals surface area contributed by atoms with Crippen molar-refractivity contribution in [2.24, 2.45) is 11.8 Å². The molecule has 2 aromatic carbocycles. The van der Waals surface area contributed by atoms with E-state index in [4.69, 9.17) is 9.47 Å². The Labute approximate surface area is 187 Å². The van der Waals surface area contributed by atoms with Crippen molar-refractivity contribution >= 4 is 23.5 Å². The third-order valence-corrected chi connectivity index (χ3v) is 6.25. The lowest BCUT2D eigenvalue weighted by atomic mass is 9.77. The predicted octanol–water partition coefficient (Wildman–Crippen LogP) is 3.02. The fourth-order valence-corrected chi connectivity index (χ4v) is 4.88. The van der Waals surface area contributed by atoms with Gasteiger partial charge in [-0.2, -0.15) is 0 Å². The van der Waals surface area contributed by atoms with E-state index in [0.717, 1.165) is 5.56 Å². The number of anilines is 1. The van der Waals surface area contributed by atoms with Gasteiger partial charge in [-0.15, -0.1) is 6.58 Å². The van der Waals surface area contributed by atoms with E-state index in [9.17, 15) is 14.4 Å². The maximum absolute atomic E-state index is 13.7. The van der Waals surface area contributed by atoms with E-state index in [1.807, 2.05) is 18.2 Å². The topological polar surface area (TPSA) is 84.9 Å². The monoisotopic (exact) mass is 434 g/mol. The molecule has 166 valence electrons. The Morgan fingerprint density at radius 2 is 1.81 bits per heavy atom. The maximum atomic E-state index is 13.7. The predicted molar refractivity (Wildman–Crippen MR) is 119 cm³/mol. The van der Waals surface area contributed by atoms with Crippen LogP contribution in [-0.2, 0) is 19.1 Å². The molecule has 7 nitrogen and oxygen atoms in total. The molecule has 0 bridgehead atoms. The fraction of sp³-hybridized carbons (Fsp3) is 0.320. The van der Waals surface area contributed by atoms with Gasteiger partial charge in [0, 0.05) is 6.04 Å². The van der Waals surface area contributed by atoms with Gasteiger partial charge in [-0.3, -0.25) is 19.7 Å². The average Bonchev–Trinajstić information content (AvgIpc) is 3.29. The third-order valence-electron chi connectivity index (χ3n) is 6.25. The van der Waals surface area contributed by atoms with Crippen LogP contribution in [0.4, 0.5) is 5.69 Å². The van der Waals surface area contributed by atoms with Crippen LogP contribution in [-0.4, -0.2) is 37.0 Å². The number of nitrogens with one attached hydrogen (secondary N) is 1. The van der Waals surface area contributed by atoms with Gasteiger partial charge in [-0.05, 0) is 43.2 Å². The molecule has 2 amide bonds. The van der Waals surface area contributed by atoms with E-state index in [0.29, 0.717) is 11.4 Å². The van der Waals surface area contributed by atoms with Crippen LogP contribution in [0.25, 0.3) is 0 Å². The van der Waals surface area contributed by atoms with Crippen LogP contribution in [0.15, 0.2) is 67.3 Å². The van der Waals surface area contributed by atoms with Crippen molar-refractivity contribution in [1.82, 2.24) is 5.32 Å². The highest BCUT2D eigenvalue weighted by molar-refractivity contribution is 6.24. The summed E-state index contributed by atoms with van der Waals surface area (Å²) in [7, 11) is 1.58. The number of para-hydroxylation sites is 1. The van der Waals surface area contributed by atoms with Gasteiger partial charge in [0.25, 0.3) is 0 Å². The summed E-state index contributed by atoms with van der Waals surface area (Å²) >= 11 is 0. The number of hydrogen-bond acceptors (Lipinski definition) is 6. The molecule has 2 aromatic rings. The number of methoxy groups -OCH3 is 1. The standard InChI is InChI=1S/C25H26N2O5/c1-4-15-25(24(30)32-5-2)20-19(21(26-25)16-11-13-18(31-3)14-12-16)22(28)27(23(20)29)17-9-7-6-8-10-17/h4,6-14,19-21,26H,1,5,15H2,2-3H3/t19-,20-,21-,25-/m1/s1. The minimum Gasteiger partial charge on any atom is -0.497 e. The van der Waals surface area contributed by atoms with E-state index in [-0.39, 0.29) is 18.9 Å². The summed E-state index contributed by atoms with van der Waals surface area (Å²) in [6, 6.07) is 15.5. The number of carbonyl (C=O) groups excluding carboxylic acids is 3. The van der Waals surface area contributed by atoms with Crippen LogP contribution >= 0.6 is 0 Å².